The number of rotatable bonds is 19. The van der Waals surface area contributed by atoms with Crippen LogP contribution >= 0.6 is 0 Å². The number of unbranched alkanes of at least 4 members (excludes halogenated alkanes) is 6. The third-order valence-electron chi connectivity index (χ3n) is 14.6. The molecule has 5 nitrogen and oxygen atoms in total. The number of carbonyl (C=O) groups excluding carboxylic acids is 1. The van der Waals surface area contributed by atoms with Gasteiger partial charge >= 0.3 is 6.09 Å². The van der Waals surface area contributed by atoms with E-state index in [2.05, 4.69) is 47.6 Å². The van der Waals surface area contributed by atoms with Gasteiger partial charge in [-0.2, -0.15) is 0 Å². The van der Waals surface area contributed by atoms with Crippen molar-refractivity contribution < 1.29 is 9.53 Å². The Kier molecular flexibility index (Phi) is 15.0. The van der Waals surface area contributed by atoms with Gasteiger partial charge in [0.05, 0.1) is 0 Å². The fraction of sp³-hybridized carbons (Fsp3) is 0.929. The molecular formula is C42H77N3O2. The molecule has 0 spiro atoms. The molecule has 1 amide bonds. The molecule has 0 radical (unpaired) electrons. The molecule has 3 saturated carbocycles. The minimum absolute atomic E-state index is 0.0266. The molecule has 4 aliphatic carbocycles. The Morgan fingerprint density at radius 1 is 0.872 bits per heavy atom. The first-order chi connectivity index (χ1) is 22.6. The van der Waals surface area contributed by atoms with Crippen LogP contribution in [-0.4, -0.2) is 43.3 Å². The molecule has 0 bridgehead atoms. The molecule has 4 N–H and O–H groups in total. The van der Waals surface area contributed by atoms with Gasteiger partial charge in [0.15, 0.2) is 0 Å². The number of allylic oxidation sites excluding steroid dienone is 1. The smallest absolute Gasteiger partial charge is 0.410 e. The van der Waals surface area contributed by atoms with Crippen LogP contribution in [0.1, 0.15) is 164 Å². The monoisotopic (exact) mass is 656 g/mol. The van der Waals surface area contributed by atoms with E-state index < -0.39 is 0 Å². The zero-order chi connectivity index (χ0) is 34.0. The van der Waals surface area contributed by atoms with Crippen LogP contribution in [0.15, 0.2) is 11.6 Å². The summed E-state index contributed by atoms with van der Waals surface area (Å²) in [5.41, 5.74) is 13.8. The quantitative estimate of drug-likeness (QED) is 0.107. The van der Waals surface area contributed by atoms with Crippen LogP contribution in [0.25, 0.3) is 0 Å². The van der Waals surface area contributed by atoms with Crippen molar-refractivity contribution in [1.82, 2.24) is 4.90 Å². The molecule has 4 aliphatic rings. The Balaban J connectivity index is 1.34. The van der Waals surface area contributed by atoms with Crippen LogP contribution in [0.5, 0.6) is 0 Å². The van der Waals surface area contributed by atoms with Crippen molar-refractivity contribution in [3.63, 3.8) is 0 Å². The van der Waals surface area contributed by atoms with Crippen molar-refractivity contribution in [3.8, 4) is 0 Å². The van der Waals surface area contributed by atoms with E-state index >= 15 is 0 Å². The van der Waals surface area contributed by atoms with Crippen molar-refractivity contribution in [2.45, 2.75) is 170 Å². The molecule has 0 saturated heterocycles. The van der Waals surface area contributed by atoms with E-state index in [9.17, 15) is 4.79 Å². The summed E-state index contributed by atoms with van der Waals surface area (Å²) in [5, 5.41) is 0. The lowest BCUT2D eigenvalue weighted by Crippen LogP contribution is -2.51. The van der Waals surface area contributed by atoms with E-state index in [0.29, 0.717) is 5.41 Å². The molecule has 0 aromatic heterocycles. The lowest BCUT2D eigenvalue weighted by atomic mass is 9.47. The lowest BCUT2D eigenvalue weighted by Gasteiger charge is -2.58. The predicted molar refractivity (Wildman–Crippen MR) is 199 cm³/mol. The predicted octanol–water partition coefficient (Wildman–Crippen LogP) is 10.5. The van der Waals surface area contributed by atoms with Gasteiger partial charge in [0.1, 0.15) is 6.10 Å². The second-order valence-corrected chi connectivity index (χ2v) is 17.6. The number of amides is 1. The molecule has 0 heterocycles. The summed E-state index contributed by atoms with van der Waals surface area (Å²) in [6.07, 6.45) is 25.6. The van der Waals surface area contributed by atoms with Gasteiger partial charge in [-0.3, -0.25) is 0 Å². The standard InChI is InChI=1S/C42H77N3O2/c1-7-33(31(2)3)17-16-32(4)37-20-21-38-36-19-18-34-30-35(22-24-41(34,5)39(36)23-25-42(37,38)6)47-40(46)45(28-14-10-8-12-26-43)29-15-11-9-13-27-44/h18,31-33,35-39H,7-17,19-30,43-44H2,1-6H3/t32-,33-,35?,36?,37?,38?,39?,41?,42?/m1/s1. The summed E-state index contributed by atoms with van der Waals surface area (Å²) in [7, 11) is 0. The average Bonchev–Trinajstić information content (AvgIpc) is 3.41. The van der Waals surface area contributed by atoms with Crippen LogP contribution in [0.3, 0.4) is 0 Å². The molecule has 0 aliphatic heterocycles. The van der Waals surface area contributed by atoms with Crippen molar-refractivity contribution >= 4 is 6.09 Å². The second kappa shape index (κ2) is 18.2. The van der Waals surface area contributed by atoms with Gasteiger partial charge in [-0.25, -0.2) is 4.79 Å². The number of nitrogens with two attached hydrogens (primary N) is 2. The van der Waals surface area contributed by atoms with Gasteiger partial charge in [0.25, 0.3) is 0 Å². The molecule has 9 atom stereocenters. The third-order valence-corrected chi connectivity index (χ3v) is 14.6. The van der Waals surface area contributed by atoms with Crippen LogP contribution in [-0.2, 0) is 4.74 Å². The van der Waals surface area contributed by atoms with Gasteiger partial charge in [-0.15, -0.1) is 0 Å². The zero-order valence-electron chi connectivity index (χ0n) is 31.9. The van der Waals surface area contributed by atoms with E-state index in [1.807, 2.05) is 4.90 Å². The molecule has 7 unspecified atom stereocenters. The minimum atomic E-state index is -0.0799. The summed E-state index contributed by atoms with van der Waals surface area (Å²) < 4.78 is 6.33. The summed E-state index contributed by atoms with van der Waals surface area (Å²) in [6.45, 7) is 18.2. The Labute approximate surface area is 291 Å². The van der Waals surface area contributed by atoms with Gasteiger partial charge in [0.2, 0.25) is 0 Å². The maximum atomic E-state index is 13.5. The Morgan fingerprint density at radius 3 is 2.15 bits per heavy atom. The second-order valence-electron chi connectivity index (χ2n) is 17.6. The summed E-state index contributed by atoms with van der Waals surface area (Å²) >= 11 is 0. The van der Waals surface area contributed by atoms with Crippen molar-refractivity contribution in [3.05, 3.63) is 11.6 Å². The molecule has 0 aromatic rings. The maximum Gasteiger partial charge on any atom is 0.410 e. The van der Waals surface area contributed by atoms with E-state index in [0.717, 1.165) is 132 Å². The number of ether oxygens (including phenoxy) is 1. The van der Waals surface area contributed by atoms with Crippen molar-refractivity contribution in [1.29, 1.82) is 0 Å². The first-order valence-corrected chi connectivity index (χ1v) is 20.6. The number of carbonyl (C=O) groups is 1. The largest absolute Gasteiger partial charge is 0.446 e. The SMILES string of the molecule is CC[C@H](CC[C@@H](C)C1CCC2C3CC=C4CC(OC(=O)N(CCCCCCN)CCCCCCN)CCC4(C)C3CCC21C)C(C)C. The van der Waals surface area contributed by atoms with E-state index in [1.165, 1.54) is 57.8 Å². The molecule has 272 valence electrons. The summed E-state index contributed by atoms with van der Waals surface area (Å²) in [4.78, 5) is 15.6. The number of hydrogen-bond donors (Lipinski definition) is 2. The van der Waals surface area contributed by atoms with E-state index in [4.69, 9.17) is 16.2 Å². The van der Waals surface area contributed by atoms with Gasteiger partial charge < -0.3 is 21.1 Å². The first-order valence-electron chi connectivity index (χ1n) is 20.6. The highest BCUT2D eigenvalue weighted by molar-refractivity contribution is 5.67. The highest BCUT2D eigenvalue weighted by Crippen LogP contribution is 2.67. The van der Waals surface area contributed by atoms with E-state index in [-0.39, 0.29) is 17.6 Å². The van der Waals surface area contributed by atoms with E-state index in [1.54, 1.807) is 5.57 Å². The Hall–Kier alpha value is -1.07. The molecule has 4 rings (SSSR count). The lowest BCUT2D eigenvalue weighted by molar-refractivity contribution is -0.0595. The number of hydrogen-bond acceptors (Lipinski definition) is 4. The summed E-state index contributed by atoms with van der Waals surface area (Å²) in [6, 6.07) is 0. The topological polar surface area (TPSA) is 81.6 Å². The minimum Gasteiger partial charge on any atom is -0.446 e. The van der Waals surface area contributed by atoms with Gasteiger partial charge in [0, 0.05) is 19.5 Å². The van der Waals surface area contributed by atoms with Crippen LogP contribution < -0.4 is 11.5 Å². The zero-order valence-corrected chi connectivity index (χ0v) is 31.9. The molecule has 3 fully saturated rings. The summed E-state index contributed by atoms with van der Waals surface area (Å²) in [5.74, 6) is 5.97. The average molecular weight is 656 g/mol. The molecule has 5 heteroatoms. The highest BCUT2D eigenvalue weighted by Gasteiger charge is 2.59. The van der Waals surface area contributed by atoms with Gasteiger partial charge in [-0.05, 0) is 142 Å². The normalized spacial score (nSPS) is 33.0. The molecule has 0 aromatic carbocycles. The Morgan fingerprint density at radius 2 is 1.53 bits per heavy atom. The number of fused-ring (bicyclic) bond motifs is 5. The van der Waals surface area contributed by atoms with Gasteiger partial charge in [-0.1, -0.05) is 91.7 Å². The van der Waals surface area contributed by atoms with Crippen LogP contribution in [0.4, 0.5) is 4.79 Å². The fourth-order valence-electron chi connectivity index (χ4n) is 11.5. The van der Waals surface area contributed by atoms with Crippen LogP contribution in [0.2, 0.25) is 0 Å². The van der Waals surface area contributed by atoms with Crippen LogP contribution in [0, 0.1) is 52.3 Å². The first kappa shape index (κ1) is 38.7. The third kappa shape index (κ3) is 9.39. The molecular weight excluding hydrogens is 578 g/mol. The Bertz CT molecular complexity index is 967. The highest BCUT2D eigenvalue weighted by atomic mass is 16.6. The van der Waals surface area contributed by atoms with Crippen molar-refractivity contribution in [2.75, 3.05) is 26.2 Å². The number of nitrogens with zero attached hydrogens (tertiary/aromatic N) is 1. The molecule has 47 heavy (non-hydrogen) atoms. The fourth-order valence-corrected chi connectivity index (χ4v) is 11.5. The maximum absolute atomic E-state index is 13.5. The van der Waals surface area contributed by atoms with Crippen molar-refractivity contribution in [2.24, 2.45) is 63.7 Å².